The van der Waals surface area contributed by atoms with Crippen LogP contribution in [0.15, 0.2) is 30.5 Å². The minimum atomic E-state index is -0.438. The van der Waals surface area contributed by atoms with Gasteiger partial charge < -0.3 is 16.0 Å². The predicted molar refractivity (Wildman–Crippen MR) is 76.1 cm³/mol. The molecular weight excluding hydrogens is 281 g/mol. The van der Waals surface area contributed by atoms with Crippen LogP contribution in [0.3, 0.4) is 0 Å². The lowest BCUT2D eigenvalue weighted by Gasteiger charge is -2.06. The lowest BCUT2D eigenvalue weighted by atomic mass is 10.1. The van der Waals surface area contributed by atoms with Gasteiger partial charge in [0, 0.05) is 6.20 Å². The van der Waals surface area contributed by atoms with Crippen molar-refractivity contribution in [1.29, 1.82) is 0 Å². The highest BCUT2D eigenvalue weighted by Gasteiger charge is 2.10. The summed E-state index contributed by atoms with van der Waals surface area (Å²) >= 11 is 5.73. The minimum Gasteiger partial charge on any atom is -0.356 e. The van der Waals surface area contributed by atoms with E-state index in [0.717, 1.165) is 0 Å². The topological polar surface area (TPSA) is 70.9 Å². The first-order valence-electron chi connectivity index (χ1n) is 5.74. The molecule has 102 valence electrons. The second-order valence-corrected chi connectivity index (χ2v) is 4.32. The van der Waals surface area contributed by atoms with Crippen LogP contribution in [0.5, 0.6) is 0 Å². The Kier molecular flexibility index (Phi) is 4.41. The molecule has 0 aliphatic carbocycles. The van der Waals surface area contributed by atoms with Gasteiger partial charge in [0.25, 0.3) is 5.91 Å². The van der Waals surface area contributed by atoms with Gasteiger partial charge in [0.2, 0.25) is 0 Å². The van der Waals surface area contributed by atoms with E-state index in [2.05, 4.69) is 22.1 Å². The van der Waals surface area contributed by atoms with Gasteiger partial charge in [-0.3, -0.25) is 4.79 Å². The van der Waals surface area contributed by atoms with Gasteiger partial charge in [-0.05, 0) is 24.3 Å². The highest BCUT2D eigenvalue weighted by Crippen LogP contribution is 2.18. The van der Waals surface area contributed by atoms with Crippen molar-refractivity contribution in [3.63, 3.8) is 0 Å². The van der Waals surface area contributed by atoms with Crippen molar-refractivity contribution in [1.82, 2.24) is 4.98 Å². The second-order valence-electron chi connectivity index (χ2n) is 3.88. The second kappa shape index (κ2) is 6.24. The van der Waals surface area contributed by atoms with E-state index in [1.165, 1.54) is 30.5 Å². The SMILES string of the molecule is NCC#Cc1cc(F)ccc1NC(=O)c1cc(Cl)c[nH]1. The Morgan fingerprint density at radius 1 is 1.45 bits per heavy atom. The van der Waals surface area contributed by atoms with Crippen LogP contribution in [0, 0.1) is 17.7 Å². The molecule has 0 atom stereocenters. The molecule has 0 spiro atoms. The molecule has 1 aromatic heterocycles. The summed E-state index contributed by atoms with van der Waals surface area (Å²) in [4.78, 5) is 14.7. The highest BCUT2D eigenvalue weighted by atomic mass is 35.5. The van der Waals surface area contributed by atoms with Gasteiger partial charge in [-0.2, -0.15) is 0 Å². The number of nitrogens with two attached hydrogens (primary N) is 1. The number of aromatic amines is 1. The molecule has 4 N–H and O–H groups in total. The number of carbonyl (C=O) groups excluding carboxylic acids is 1. The average Bonchev–Trinajstić information content (AvgIpc) is 2.85. The van der Waals surface area contributed by atoms with Crippen LogP contribution in [-0.2, 0) is 0 Å². The molecule has 0 aliphatic rings. The van der Waals surface area contributed by atoms with Crippen LogP contribution in [0.2, 0.25) is 5.02 Å². The van der Waals surface area contributed by atoms with E-state index in [-0.39, 0.29) is 12.5 Å². The number of H-pyrrole nitrogens is 1. The molecule has 0 aliphatic heterocycles. The normalized spacial score (nSPS) is 9.75. The van der Waals surface area contributed by atoms with Crippen LogP contribution < -0.4 is 11.1 Å². The zero-order valence-electron chi connectivity index (χ0n) is 10.3. The van der Waals surface area contributed by atoms with Crippen LogP contribution in [-0.4, -0.2) is 17.4 Å². The molecule has 1 amide bonds. The number of hydrogen-bond acceptors (Lipinski definition) is 2. The molecule has 0 saturated carbocycles. The molecule has 2 rings (SSSR count). The van der Waals surface area contributed by atoms with E-state index in [4.69, 9.17) is 17.3 Å². The molecule has 4 nitrogen and oxygen atoms in total. The fourth-order valence-corrected chi connectivity index (χ4v) is 1.73. The predicted octanol–water partition coefficient (Wildman–Crippen LogP) is 2.37. The number of aromatic nitrogens is 1. The third-order valence-electron chi connectivity index (χ3n) is 2.45. The largest absolute Gasteiger partial charge is 0.356 e. The van der Waals surface area contributed by atoms with Gasteiger partial charge in [-0.1, -0.05) is 23.4 Å². The maximum Gasteiger partial charge on any atom is 0.272 e. The van der Waals surface area contributed by atoms with Gasteiger partial charge in [0.15, 0.2) is 0 Å². The first kappa shape index (κ1) is 14.1. The number of rotatable bonds is 2. The van der Waals surface area contributed by atoms with Crippen LogP contribution in [0.25, 0.3) is 0 Å². The summed E-state index contributed by atoms with van der Waals surface area (Å²) in [6.45, 7) is 0.149. The summed E-state index contributed by atoms with van der Waals surface area (Å²) in [5.74, 6) is 4.50. The smallest absolute Gasteiger partial charge is 0.272 e. The molecule has 2 aromatic rings. The van der Waals surface area contributed by atoms with E-state index >= 15 is 0 Å². The number of hydrogen-bond donors (Lipinski definition) is 3. The van der Waals surface area contributed by atoms with Crippen LogP contribution >= 0.6 is 11.6 Å². The van der Waals surface area contributed by atoms with Crippen molar-refractivity contribution in [2.45, 2.75) is 0 Å². The third kappa shape index (κ3) is 3.38. The Morgan fingerprint density at radius 3 is 2.90 bits per heavy atom. The minimum absolute atomic E-state index is 0.149. The Labute approximate surface area is 120 Å². The Hall–Kier alpha value is -2.29. The van der Waals surface area contributed by atoms with Crippen molar-refractivity contribution in [2.75, 3.05) is 11.9 Å². The monoisotopic (exact) mass is 291 g/mol. The summed E-state index contributed by atoms with van der Waals surface area (Å²) < 4.78 is 13.2. The van der Waals surface area contributed by atoms with Crippen molar-refractivity contribution >= 4 is 23.2 Å². The summed E-state index contributed by atoms with van der Waals surface area (Å²) in [7, 11) is 0. The van der Waals surface area contributed by atoms with E-state index in [0.29, 0.717) is 22.0 Å². The molecule has 1 heterocycles. The van der Waals surface area contributed by atoms with E-state index < -0.39 is 5.82 Å². The Morgan fingerprint density at radius 2 is 2.25 bits per heavy atom. The number of halogens is 2. The first-order valence-corrected chi connectivity index (χ1v) is 6.11. The quantitative estimate of drug-likeness (QED) is 0.743. The number of carbonyl (C=O) groups is 1. The lowest BCUT2D eigenvalue weighted by molar-refractivity contribution is 0.102. The highest BCUT2D eigenvalue weighted by molar-refractivity contribution is 6.31. The van der Waals surface area contributed by atoms with Gasteiger partial charge in [-0.15, -0.1) is 0 Å². The zero-order chi connectivity index (χ0) is 14.5. The maximum atomic E-state index is 13.2. The molecule has 0 unspecified atom stereocenters. The molecular formula is C14H11ClFN3O. The summed E-state index contributed by atoms with van der Waals surface area (Å²) in [6, 6.07) is 5.41. The number of nitrogens with one attached hydrogen (secondary N) is 2. The average molecular weight is 292 g/mol. The van der Waals surface area contributed by atoms with Gasteiger partial charge in [-0.25, -0.2) is 4.39 Å². The fraction of sp³-hybridized carbons (Fsp3) is 0.0714. The third-order valence-corrected chi connectivity index (χ3v) is 2.67. The van der Waals surface area contributed by atoms with Gasteiger partial charge in [0.1, 0.15) is 11.5 Å². The van der Waals surface area contributed by atoms with Crippen molar-refractivity contribution < 1.29 is 9.18 Å². The van der Waals surface area contributed by atoms with Crippen molar-refractivity contribution in [3.05, 3.63) is 52.6 Å². The molecule has 0 radical (unpaired) electrons. The maximum absolute atomic E-state index is 13.2. The number of amides is 1. The number of anilines is 1. The van der Waals surface area contributed by atoms with Crippen molar-refractivity contribution in [3.8, 4) is 11.8 Å². The molecule has 20 heavy (non-hydrogen) atoms. The summed E-state index contributed by atoms with van der Waals surface area (Å²) in [6.07, 6.45) is 1.50. The summed E-state index contributed by atoms with van der Waals surface area (Å²) in [5.41, 5.74) is 6.36. The van der Waals surface area contributed by atoms with E-state index in [9.17, 15) is 9.18 Å². The standard InChI is InChI=1S/C14H11ClFN3O/c15-10-7-13(18-8-10)14(20)19-12-4-3-11(16)6-9(12)2-1-5-17/h3-4,6-8,18H,5,17H2,(H,19,20). The Balaban J connectivity index is 2.26. The first-order chi connectivity index (χ1) is 9.60. The van der Waals surface area contributed by atoms with Crippen LogP contribution in [0.4, 0.5) is 10.1 Å². The Bertz CT molecular complexity index is 700. The molecule has 0 bridgehead atoms. The molecule has 0 saturated heterocycles. The van der Waals surface area contributed by atoms with Crippen LogP contribution in [0.1, 0.15) is 16.1 Å². The summed E-state index contributed by atoms with van der Waals surface area (Å²) in [5, 5.41) is 3.07. The van der Waals surface area contributed by atoms with Gasteiger partial charge >= 0.3 is 0 Å². The molecule has 6 heteroatoms. The zero-order valence-corrected chi connectivity index (χ0v) is 11.1. The van der Waals surface area contributed by atoms with E-state index in [1.54, 1.807) is 0 Å². The van der Waals surface area contributed by atoms with Gasteiger partial charge in [0.05, 0.1) is 22.8 Å². The van der Waals surface area contributed by atoms with Crippen molar-refractivity contribution in [2.24, 2.45) is 5.73 Å². The number of benzene rings is 1. The molecule has 0 fully saturated rings. The lowest BCUT2D eigenvalue weighted by Crippen LogP contribution is -2.13. The van der Waals surface area contributed by atoms with E-state index in [1.807, 2.05) is 0 Å². The molecule has 1 aromatic carbocycles. The fourth-order valence-electron chi connectivity index (χ4n) is 1.56.